The third-order valence-corrected chi connectivity index (χ3v) is 1.15. The molecule has 0 spiro atoms. The smallest absolute Gasteiger partial charge is 0.00398 e. The molecule has 1 radical (unpaired) electrons. The number of unbranched alkanes of at least 4 members (excludes halogenated alkanes) is 1. The molecular weight excluding hydrogens is 110 g/mol. The maximum atomic E-state index is 5.60. The summed E-state index contributed by atoms with van der Waals surface area (Å²) in [4.78, 5) is 0. The van der Waals surface area contributed by atoms with Crippen LogP contribution >= 0.6 is 0 Å². The van der Waals surface area contributed by atoms with Gasteiger partial charge in [0.1, 0.15) is 0 Å². The number of rotatable bonds is 4. The van der Waals surface area contributed by atoms with Crippen molar-refractivity contribution in [2.75, 3.05) is 0 Å². The highest BCUT2D eigenvalue weighted by Gasteiger charge is 1.84. The minimum absolute atomic E-state index is 0.949. The lowest BCUT2D eigenvalue weighted by Crippen LogP contribution is -1.95. The predicted molar refractivity (Wildman–Crippen MR) is 41.8 cm³/mol. The van der Waals surface area contributed by atoms with Gasteiger partial charge in [-0.15, -0.1) is 0 Å². The zero-order valence-electron chi connectivity index (χ0n) is 6.19. The van der Waals surface area contributed by atoms with Crippen LogP contribution in [0.4, 0.5) is 0 Å². The Morgan fingerprint density at radius 3 is 2.78 bits per heavy atom. The van der Waals surface area contributed by atoms with Crippen LogP contribution < -0.4 is 5.73 Å². The molecule has 0 aliphatic heterocycles. The second-order valence-corrected chi connectivity index (χ2v) is 2.17. The van der Waals surface area contributed by atoms with Crippen LogP contribution in [-0.2, 0) is 0 Å². The van der Waals surface area contributed by atoms with Crippen molar-refractivity contribution < 1.29 is 0 Å². The van der Waals surface area contributed by atoms with Gasteiger partial charge in [-0.25, -0.2) is 0 Å². The highest BCUT2D eigenvalue weighted by Crippen LogP contribution is 1.99. The van der Waals surface area contributed by atoms with Gasteiger partial charge in [0.05, 0.1) is 0 Å². The summed E-state index contributed by atoms with van der Waals surface area (Å²) in [6.07, 6.45) is 6.20. The van der Waals surface area contributed by atoms with Gasteiger partial charge in [-0.2, -0.15) is 0 Å². The third kappa shape index (κ3) is 5.41. The Bertz CT molecular complexity index is 84.6. The molecule has 0 aromatic carbocycles. The molecule has 1 nitrogen and oxygen atoms in total. The molecule has 53 valence electrons. The van der Waals surface area contributed by atoms with Crippen molar-refractivity contribution in [3.05, 3.63) is 18.7 Å². The molecule has 1 heteroatoms. The van der Waals surface area contributed by atoms with Crippen molar-refractivity contribution in [3.8, 4) is 0 Å². The fraction of sp³-hybridized carbons (Fsp3) is 0.625. The van der Waals surface area contributed by atoms with E-state index in [1.54, 1.807) is 0 Å². The van der Waals surface area contributed by atoms with Gasteiger partial charge >= 0.3 is 0 Å². The highest BCUT2D eigenvalue weighted by molar-refractivity contribution is 4.95. The summed E-state index contributed by atoms with van der Waals surface area (Å²) in [5.74, 6) is 0. The summed E-state index contributed by atoms with van der Waals surface area (Å²) in [6.45, 7) is 5.85. The van der Waals surface area contributed by atoms with Gasteiger partial charge in [0.25, 0.3) is 0 Å². The van der Waals surface area contributed by atoms with Gasteiger partial charge in [-0.05, 0) is 19.3 Å². The van der Waals surface area contributed by atoms with Gasteiger partial charge in [-0.1, -0.05) is 26.3 Å². The van der Waals surface area contributed by atoms with Crippen LogP contribution in [0.25, 0.3) is 0 Å². The molecule has 0 aliphatic rings. The van der Waals surface area contributed by atoms with Crippen molar-refractivity contribution in [2.24, 2.45) is 5.73 Å². The summed E-state index contributed by atoms with van der Waals surface area (Å²) in [5.41, 5.74) is 6.62. The van der Waals surface area contributed by atoms with E-state index < -0.39 is 0 Å². The van der Waals surface area contributed by atoms with E-state index in [4.69, 9.17) is 5.73 Å². The Labute approximate surface area is 57.9 Å². The number of nitrogens with two attached hydrogens (primary N) is 1. The Kier molecular flexibility index (Phi) is 5.38. The van der Waals surface area contributed by atoms with E-state index in [-0.39, 0.29) is 0 Å². The average molecular weight is 126 g/mol. The van der Waals surface area contributed by atoms with E-state index in [0.717, 1.165) is 31.4 Å². The van der Waals surface area contributed by atoms with Gasteiger partial charge in [0, 0.05) is 5.70 Å². The van der Waals surface area contributed by atoms with Crippen molar-refractivity contribution in [3.63, 3.8) is 0 Å². The predicted octanol–water partition coefficient (Wildman–Crippen LogP) is 2.24. The molecule has 0 unspecified atom stereocenters. The Balaban J connectivity index is 3.30. The molecule has 0 bridgehead atoms. The van der Waals surface area contributed by atoms with Crippen LogP contribution in [-0.4, -0.2) is 0 Å². The van der Waals surface area contributed by atoms with E-state index in [2.05, 4.69) is 19.9 Å². The highest BCUT2D eigenvalue weighted by atomic mass is 14.6. The first-order chi connectivity index (χ1) is 4.31. The standard InChI is InChI=1S/C8H16N/c1-3-5-7-8(9)6-4-2/h7H,1,3-6,9H2,2H3. The van der Waals surface area contributed by atoms with Crippen molar-refractivity contribution in [1.82, 2.24) is 0 Å². The molecule has 0 aromatic rings. The largest absolute Gasteiger partial charge is 0.402 e. The molecule has 0 fully saturated rings. The summed E-state index contributed by atoms with van der Waals surface area (Å²) in [6, 6.07) is 0. The fourth-order valence-corrected chi connectivity index (χ4v) is 0.678. The maximum absolute atomic E-state index is 5.60. The molecule has 0 atom stereocenters. The average Bonchev–Trinajstić information content (AvgIpc) is 1.85. The second kappa shape index (κ2) is 5.67. The zero-order chi connectivity index (χ0) is 7.11. The van der Waals surface area contributed by atoms with Crippen LogP contribution in [0, 0.1) is 6.92 Å². The summed E-state index contributed by atoms with van der Waals surface area (Å²) in [7, 11) is 0. The Morgan fingerprint density at radius 1 is 1.67 bits per heavy atom. The topological polar surface area (TPSA) is 26.0 Å². The first kappa shape index (κ1) is 8.54. The van der Waals surface area contributed by atoms with Crippen LogP contribution in [0.3, 0.4) is 0 Å². The van der Waals surface area contributed by atoms with Gasteiger partial charge in [0.15, 0.2) is 0 Å². The monoisotopic (exact) mass is 126 g/mol. The van der Waals surface area contributed by atoms with Crippen molar-refractivity contribution in [1.29, 1.82) is 0 Å². The van der Waals surface area contributed by atoms with Crippen LogP contribution in [0.5, 0.6) is 0 Å². The number of allylic oxidation sites excluding steroid dienone is 2. The minimum Gasteiger partial charge on any atom is -0.402 e. The molecule has 0 aromatic heterocycles. The molecule has 0 aliphatic carbocycles. The molecule has 0 amide bonds. The lowest BCUT2D eigenvalue weighted by atomic mass is 10.2. The Morgan fingerprint density at radius 2 is 2.33 bits per heavy atom. The first-order valence-electron chi connectivity index (χ1n) is 3.55. The van der Waals surface area contributed by atoms with E-state index in [1.807, 2.05) is 0 Å². The van der Waals surface area contributed by atoms with E-state index in [1.165, 1.54) is 0 Å². The minimum atomic E-state index is 0.949. The third-order valence-electron chi connectivity index (χ3n) is 1.15. The Hall–Kier alpha value is -0.460. The molecule has 0 heterocycles. The summed E-state index contributed by atoms with van der Waals surface area (Å²) >= 11 is 0. The molecule has 2 N–H and O–H groups in total. The molecule has 9 heavy (non-hydrogen) atoms. The van der Waals surface area contributed by atoms with Crippen LogP contribution in [0.2, 0.25) is 0 Å². The molecular formula is C8H16N. The van der Waals surface area contributed by atoms with E-state index in [0.29, 0.717) is 0 Å². The quantitative estimate of drug-likeness (QED) is 0.614. The lowest BCUT2D eigenvalue weighted by molar-refractivity contribution is 0.876. The van der Waals surface area contributed by atoms with Gasteiger partial charge in [0.2, 0.25) is 0 Å². The maximum Gasteiger partial charge on any atom is 0.00398 e. The summed E-state index contributed by atoms with van der Waals surface area (Å²) in [5, 5.41) is 0. The zero-order valence-corrected chi connectivity index (χ0v) is 6.19. The van der Waals surface area contributed by atoms with Gasteiger partial charge in [-0.3, -0.25) is 0 Å². The van der Waals surface area contributed by atoms with E-state index >= 15 is 0 Å². The van der Waals surface area contributed by atoms with E-state index in [9.17, 15) is 0 Å². The lowest BCUT2D eigenvalue weighted by Gasteiger charge is -1.95. The summed E-state index contributed by atoms with van der Waals surface area (Å²) < 4.78 is 0. The van der Waals surface area contributed by atoms with Crippen LogP contribution in [0.1, 0.15) is 32.6 Å². The molecule has 0 rings (SSSR count). The van der Waals surface area contributed by atoms with Gasteiger partial charge < -0.3 is 5.73 Å². The number of hydrogen-bond donors (Lipinski definition) is 1. The SMILES string of the molecule is [CH2]CCC=C(N)CCC. The van der Waals surface area contributed by atoms with Crippen LogP contribution in [0.15, 0.2) is 11.8 Å². The fourth-order valence-electron chi connectivity index (χ4n) is 0.678. The second-order valence-electron chi connectivity index (χ2n) is 2.17. The van der Waals surface area contributed by atoms with Crippen molar-refractivity contribution in [2.45, 2.75) is 32.6 Å². The normalized spacial score (nSPS) is 12.0. The number of hydrogen-bond acceptors (Lipinski definition) is 1. The molecule has 0 saturated carbocycles. The van der Waals surface area contributed by atoms with Crippen molar-refractivity contribution >= 4 is 0 Å². The first-order valence-corrected chi connectivity index (χ1v) is 3.55. The molecule has 0 saturated heterocycles.